The molecule has 0 aliphatic heterocycles. The van der Waals surface area contributed by atoms with E-state index in [2.05, 4.69) is 39.8 Å². The van der Waals surface area contributed by atoms with Crippen molar-refractivity contribution in [2.24, 2.45) is 11.8 Å². The van der Waals surface area contributed by atoms with Crippen molar-refractivity contribution in [2.75, 3.05) is 0 Å². The van der Waals surface area contributed by atoms with Crippen molar-refractivity contribution in [1.29, 1.82) is 0 Å². The SMILES string of the molecule is CCC(C)CC(=O)c1ccc(CC(C)C)cc1. The number of carbonyl (C=O) groups is 1. The number of hydrogen-bond donors (Lipinski definition) is 0. The molecule has 17 heavy (non-hydrogen) atoms. The molecule has 1 nitrogen and oxygen atoms in total. The Labute approximate surface area is 105 Å². The number of benzene rings is 1. The number of rotatable bonds is 6. The van der Waals surface area contributed by atoms with Gasteiger partial charge < -0.3 is 0 Å². The van der Waals surface area contributed by atoms with E-state index in [9.17, 15) is 4.79 Å². The van der Waals surface area contributed by atoms with Gasteiger partial charge in [-0.25, -0.2) is 0 Å². The van der Waals surface area contributed by atoms with Crippen LogP contribution in [0.3, 0.4) is 0 Å². The lowest BCUT2D eigenvalue weighted by Gasteiger charge is -2.08. The van der Waals surface area contributed by atoms with Gasteiger partial charge in [0.2, 0.25) is 0 Å². The Bertz CT molecular complexity index is 348. The summed E-state index contributed by atoms with van der Waals surface area (Å²) in [5.74, 6) is 1.42. The lowest BCUT2D eigenvalue weighted by atomic mass is 9.96. The van der Waals surface area contributed by atoms with E-state index >= 15 is 0 Å². The van der Waals surface area contributed by atoms with E-state index in [1.54, 1.807) is 0 Å². The fourth-order valence-electron chi connectivity index (χ4n) is 1.88. The molecule has 94 valence electrons. The minimum atomic E-state index is 0.274. The van der Waals surface area contributed by atoms with Gasteiger partial charge in [-0.1, -0.05) is 58.4 Å². The fraction of sp³-hybridized carbons (Fsp3) is 0.562. The first kappa shape index (κ1) is 14.0. The molecule has 1 unspecified atom stereocenters. The molecule has 0 aliphatic rings. The second-order valence-corrected chi connectivity index (χ2v) is 5.44. The molecular weight excluding hydrogens is 208 g/mol. The molecule has 0 spiro atoms. The average molecular weight is 232 g/mol. The summed E-state index contributed by atoms with van der Waals surface area (Å²) in [4.78, 5) is 11.9. The number of hydrogen-bond acceptors (Lipinski definition) is 1. The van der Waals surface area contributed by atoms with Crippen LogP contribution >= 0.6 is 0 Å². The van der Waals surface area contributed by atoms with Crippen molar-refractivity contribution < 1.29 is 4.79 Å². The second kappa shape index (κ2) is 6.58. The summed E-state index contributed by atoms with van der Waals surface area (Å²) in [5.41, 5.74) is 2.18. The molecule has 0 heterocycles. The van der Waals surface area contributed by atoms with E-state index in [1.807, 2.05) is 12.1 Å². The zero-order valence-corrected chi connectivity index (χ0v) is 11.5. The first-order chi connectivity index (χ1) is 8.02. The van der Waals surface area contributed by atoms with Gasteiger partial charge >= 0.3 is 0 Å². The van der Waals surface area contributed by atoms with Crippen molar-refractivity contribution in [3.8, 4) is 0 Å². The molecule has 1 aromatic rings. The van der Waals surface area contributed by atoms with Gasteiger partial charge in [-0.05, 0) is 23.8 Å². The van der Waals surface area contributed by atoms with Crippen LogP contribution in [-0.2, 0) is 6.42 Å². The highest BCUT2D eigenvalue weighted by Gasteiger charge is 2.09. The van der Waals surface area contributed by atoms with Crippen LogP contribution in [0.25, 0.3) is 0 Å². The Hall–Kier alpha value is -1.11. The second-order valence-electron chi connectivity index (χ2n) is 5.44. The van der Waals surface area contributed by atoms with Crippen molar-refractivity contribution in [1.82, 2.24) is 0 Å². The van der Waals surface area contributed by atoms with Gasteiger partial charge in [0.05, 0.1) is 0 Å². The third kappa shape index (κ3) is 4.72. The third-order valence-corrected chi connectivity index (χ3v) is 3.15. The largest absolute Gasteiger partial charge is 0.294 e. The van der Waals surface area contributed by atoms with Crippen molar-refractivity contribution in [2.45, 2.75) is 47.0 Å². The van der Waals surface area contributed by atoms with Crippen LogP contribution in [0.4, 0.5) is 0 Å². The summed E-state index contributed by atoms with van der Waals surface area (Å²) in [6, 6.07) is 8.12. The van der Waals surface area contributed by atoms with Crippen molar-refractivity contribution >= 4 is 5.78 Å². The highest BCUT2D eigenvalue weighted by molar-refractivity contribution is 5.96. The fourth-order valence-corrected chi connectivity index (χ4v) is 1.88. The standard InChI is InChI=1S/C16H24O/c1-5-13(4)11-16(17)15-8-6-14(7-9-15)10-12(2)3/h6-9,12-13H,5,10-11H2,1-4H3. The first-order valence-electron chi connectivity index (χ1n) is 6.65. The third-order valence-electron chi connectivity index (χ3n) is 3.15. The maximum absolute atomic E-state index is 11.9. The van der Waals surface area contributed by atoms with Crippen LogP contribution in [-0.4, -0.2) is 5.78 Å². The van der Waals surface area contributed by atoms with E-state index in [4.69, 9.17) is 0 Å². The quantitative estimate of drug-likeness (QED) is 0.660. The Kier molecular flexibility index (Phi) is 5.40. The molecule has 0 amide bonds. The molecule has 0 radical (unpaired) electrons. The zero-order valence-electron chi connectivity index (χ0n) is 11.5. The van der Waals surface area contributed by atoms with Gasteiger partial charge in [0.1, 0.15) is 0 Å². The van der Waals surface area contributed by atoms with Crippen LogP contribution in [0, 0.1) is 11.8 Å². The summed E-state index contributed by atoms with van der Waals surface area (Å²) in [7, 11) is 0. The summed E-state index contributed by atoms with van der Waals surface area (Å²) in [6.07, 6.45) is 2.82. The van der Waals surface area contributed by atoms with Crippen LogP contribution in [0.2, 0.25) is 0 Å². The van der Waals surface area contributed by atoms with E-state index in [0.29, 0.717) is 18.3 Å². The van der Waals surface area contributed by atoms with Crippen LogP contribution in [0.1, 0.15) is 56.5 Å². The monoisotopic (exact) mass is 232 g/mol. The van der Waals surface area contributed by atoms with Crippen LogP contribution in [0.15, 0.2) is 24.3 Å². The van der Waals surface area contributed by atoms with Gasteiger partial charge in [0.15, 0.2) is 5.78 Å². The molecule has 1 heteroatoms. The summed E-state index contributed by atoms with van der Waals surface area (Å²) < 4.78 is 0. The molecule has 1 atom stereocenters. The summed E-state index contributed by atoms with van der Waals surface area (Å²) in [5, 5.41) is 0. The van der Waals surface area contributed by atoms with Crippen molar-refractivity contribution in [3.63, 3.8) is 0 Å². The molecule has 0 bridgehead atoms. The van der Waals surface area contributed by atoms with E-state index < -0.39 is 0 Å². The van der Waals surface area contributed by atoms with Gasteiger partial charge in [0.25, 0.3) is 0 Å². The normalized spacial score (nSPS) is 12.8. The van der Waals surface area contributed by atoms with Crippen LogP contribution in [0.5, 0.6) is 0 Å². The van der Waals surface area contributed by atoms with Gasteiger partial charge in [0, 0.05) is 12.0 Å². The predicted octanol–water partition coefficient (Wildman–Crippen LogP) is 4.50. The van der Waals surface area contributed by atoms with Gasteiger partial charge in [-0.15, -0.1) is 0 Å². The molecule has 1 aromatic carbocycles. The van der Waals surface area contributed by atoms with E-state index in [-0.39, 0.29) is 5.78 Å². The number of carbonyl (C=O) groups excluding carboxylic acids is 1. The zero-order chi connectivity index (χ0) is 12.8. The molecular formula is C16H24O. The van der Waals surface area contributed by atoms with Crippen molar-refractivity contribution in [3.05, 3.63) is 35.4 Å². The maximum Gasteiger partial charge on any atom is 0.163 e. The molecule has 0 aromatic heterocycles. The van der Waals surface area contributed by atoms with Gasteiger partial charge in [-0.3, -0.25) is 4.79 Å². The number of Topliss-reactive ketones (excluding diaryl/α,β-unsaturated/α-hetero) is 1. The summed E-state index contributed by atoms with van der Waals surface area (Å²) in [6.45, 7) is 8.68. The molecule has 0 fully saturated rings. The van der Waals surface area contributed by atoms with Crippen LogP contribution < -0.4 is 0 Å². The molecule has 0 saturated heterocycles. The summed E-state index contributed by atoms with van der Waals surface area (Å²) >= 11 is 0. The Morgan fingerprint density at radius 2 is 1.71 bits per heavy atom. The predicted molar refractivity (Wildman–Crippen MR) is 73.4 cm³/mol. The average Bonchev–Trinajstić information content (AvgIpc) is 2.28. The Balaban J connectivity index is 2.64. The lowest BCUT2D eigenvalue weighted by molar-refractivity contribution is 0.0963. The minimum absolute atomic E-state index is 0.274. The lowest BCUT2D eigenvalue weighted by Crippen LogP contribution is -2.05. The minimum Gasteiger partial charge on any atom is -0.294 e. The molecule has 0 N–H and O–H groups in total. The Morgan fingerprint density at radius 1 is 1.12 bits per heavy atom. The smallest absolute Gasteiger partial charge is 0.163 e. The molecule has 1 rings (SSSR count). The van der Waals surface area contributed by atoms with Gasteiger partial charge in [-0.2, -0.15) is 0 Å². The maximum atomic E-state index is 11.9. The molecule has 0 saturated carbocycles. The Morgan fingerprint density at radius 3 is 2.18 bits per heavy atom. The topological polar surface area (TPSA) is 17.1 Å². The molecule has 0 aliphatic carbocycles. The van der Waals surface area contributed by atoms with E-state index in [1.165, 1.54) is 5.56 Å². The van der Waals surface area contributed by atoms with E-state index in [0.717, 1.165) is 18.4 Å². The highest BCUT2D eigenvalue weighted by Crippen LogP contribution is 2.14. The number of ketones is 1. The first-order valence-corrected chi connectivity index (χ1v) is 6.65. The highest BCUT2D eigenvalue weighted by atomic mass is 16.1.